The maximum Gasteiger partial charge on any atom is 0.184 e. The summed E-state index contributed by atoms with van der Waals surface area (Å²) in [4.78, 5) is 15.9. The van der Waals surface area contributed by atoms with Crippen molar-refractivity contribution in [2.75, 3.05) is 5.73 Å². The Morgan fingerprint density at radius 3 is 2.71 bits per heavy atom. The van der Waals surface area contributed by atoms with Gasteiger partial charge in [-0.25, -0.2) is 4.98 Å². The van der Waals surface area contributed by atoms with Gasteiger partial charge in [-0.3, -0.25) is 4.79 Å². The van der Waals surface area contributed by atoms with Gasteiger partial charge in [-0.2, -0.15) is 0 Å². The number of rotatable bonds is 2. The Morgan fingerprint density at radius 1 is 1.36 bits per heavy atom. The van der Waals surface area contributed by atoms with Crippen LogP contribution >= 0.6 is 0 Å². The van der Waals surface area contributed by atoms with Gasteiger partial charge in [0.15, 0.2) is 5.78 Å². The van der Waals surface area contributed by atoms with Gasteiger partial charge in [0.1, 0.15) is 11.5 Å². The molecule has 0 bridgehead atoms. The first-order valence-corrected chi connectivity index (χ1v) is 5.04. The number of nitrogens with two attached hydrogens (primary N) is 1. The summed E-state index contributed by atoms with van der Waals surface area (Å²) >= 11 is 0. The molecule has 1 fully saturated rings. The van der Waals surface area contributed by atoms with Crippen LogP contribution in [-0.4, -0.2) is 10.8 Å². The summed E-state index contributed by atoms with van der Waals surface area (Å²) in [6.07, 6.45) is 4.35. The maximum absolute atomic E-state index is 11.9. The van der Waals surface area contributed by atoms with Gasteiger partial charge in [-0.1, -0.05) is 18.9 Å². The standard InChI is InChI=1S/C11H14N2O/c12-10-7-3-6-9(13-10)11(14)8-4-1-2-5-8/h3,6-8H,1-2,4-5H2,(H2,12,13). The number of hydrogen-bond acceptors (Lipinski definition) is 3. The normalized spacial score (nSPS) is 17.1. The van der Waals surface area contributed by atoms with Crippen molar-refractivity contribution in [3.8, 4) is 0 Å². The third kappa shape index (κ3) is 1.76. The first kappa shape index (κ1) is 9.19. The Balaban J connectivity index is 2.17. The highest BCUT2D eigenvalue weighted by Gasteiger charge is 2.24. The maximum atomic E-state index is 11.9. The van der Waals surface area contributed by atoms with Gasteiger partial charge in [-0.05, 0) is 25.0 Å². The molecule has 1 aromatic rings. The molecule has 0 aromatic carbocycles. The van der Waals surface area contributed by atoms with Crippen LogP contribution < -0.4 is 5.73 Å². The number of pyridine rings is 1. The van der Waals surface area contributed by atoms with Crippen molar-refractivity contribution in [2.24, 2.45) is 5.92 Å². The quantitative estimate of drug-likeness (QED) is 0.726. The lowest BCUT2D eigenvalue weighted by atomic mass is 10.00. The molecule has 74 valence electrons. The molecular weight excluding hydrogens is 176 g/mol. The molecule has 1 aromatic heterocycles. The van der Waals surface area contributed by atoms with Crippen LogP contribution in [0.3, 0.4) is 0 Å². The molecular formula is C11H14N2O. The SMILES string of the molecule is Nc1cccc(C(=O)C2CCCC2)n1. The Hall–Kier alpha value is -1.38. The Kier molecular flexibility index (Phi) is 2.48. The number of carbonyl (C=O) groups is 1. The molecule has 1 aliphatic carbocycles. The number of nitrogen functional groups attached to an aromatic ring is 1. The van der Waals surface area contributed by atoms with Gasteiger partial charge < -0.3 is 5.73 Å². The molecule has 0 saturated heterocycles. The second-order valence-corrected chi connectivity index (χ2v) is 3.79. The summed E-state index contributed by atoms with van der Waals surface area (Å²) in [6.45, 7) is 0. The lowest BCUT2D eigenvalue weighted by Gasteiger charge is -2.06. The van der Waals surface area contributed by atoms with E-state index in [-0.39, 0.29) is 11.7 Å². The summed E-state index contributed by atoms with van der Waals surface area (Å²) in [5.74, 6) is 0.771. The van der Waals surface area contributed by atoms with Crippen molar-refractivity contribution >= 4 is 11.6 Å². The van der Waals surface area contributed by atoms with Crippen LogP contribution in [0.15, 0.2) is 18.2 Å². The van der Waals surface area contributed by atoms with Crippen LogP contribution in [0.4, 0.5) is 5.82 Å². The highest BCUT2D eigenvalue weighted by atomic mass is 16.1. The number of hydrogen-bond donors (Lipinski definition) is 1. The van der Waals surface area contributed by atoms with E-state index >= 15 is 0 Å². The van der Waals surface area contributed by atoms with Crippen LogP contribution in [-0.2, 0) is 0 Å². The van der Waals surface area contributed by atoms with E-state index in [1.807, 2.05) is 0 Å². The van der Waals surface area contributed by atoms with Crippen molar-refractivity contribution in [2.45, 2.75) is 25.7 Å². The summed E-state index contributed by atoms with van der Waals surface area (Å²) in [5, 5.41) is 0. The number of nitrogens with zero attached hydrogens (tertiary/aromatic N) is 1. The predicted octanol–water partition coefficient (Wildman–Crippen LogP) is 2.04. The molecule has 0 atom stereocenters. The van der Waals surface area contributed by atoms with Gasteiger partial charge in [0.25, 0.3) is 0 Å². The van der Waals surface area contributed by atoms with E-state index in [1.165, 1.54) is 12.8 Å². The largest absolute Gasteiger partial charge is 0.384 e. The molecule has 0 spiro atoms. The highest BCUT2D eigenvalue weighted by molar-refractivity contribution is 5.96. The van der Waals surface area contributed by atoms with E-state index < -0.39 is 0 Å². The van der Waals surface area contributed by atoms with E-state index in [0.29, 0.717) is 11.5 Å². The number of aromatic nitrogens is 1. The van der Waals surface area contributed by atoms with Crippen molar-refractivity contribution in [3.05, 3.63) is 23.9 Å². The monoisotopic (exact) mass is 190 g/mol. The first-order chi connectivity index (χ1) is 6.77. The highest BCUT2D eigenvalue weighted by Crippen LogP contribution is 2.27. The van der Waals surface area contributed by atoms with Crippen molar-refractivity contribution < 1.29 is 4.79 Å². The van der Waals surface area contributed by atoms with Crippen molar-refractivity contribution in [1.29, 1.82) is 0 Å². The third-order valence-corrected chi connectivity index (χ3v) is 2.75. The average Bonchev–Trinajstić information content (AvgIpc) is 2.69. The lowest BCUT2D eigenvalue weighted by molar-refractivity contribution is 0.0918. The first-order valence-electron chi connectivity index (χ1n) is 5.04. The molecule has 1 aliphatic rings. The van der Waals surface area contributed by atoms with Gasteiger partial charge in [0, 0.05) is 5.92 Å². The van der Waals surface area contributed by atoms with Crippen molar-refractivity contribution in [3.63, 3.8) is 0 Å². The zero-order valence-corrected chi connectivity index (χ0v) is 8.07. The molecule has 1 heterocycles. The molecule has 0 amide bonds. The van der Waals surface area contributed by atoms with Crippen LogP contribution in [0.2, 0.25) is 0 Å². The van der Waals surface area contributed by atoms with E-state index in [0.717, 1.165) is 12.8 Å². The predicted molar refractivity (Wildman–Crippen MR) is 54.9 cm³/mol. The molecule has 0 aliphatic heterocycles. The molecule has 0 radical (unpaired) electrons. The zero-order chi connectivity index (χ0) is 9.97. The fraction of sp³-hybridized carbons (Fsp3) is 0.455. The lowest BCUT2D eigenvalue weighted by Crippen LogP contribution is -2.13. The molecule has 14 heavy (non-hydrogen) atoms. The summed E-state index contributed by atoms with van der Waals surface area (Å²) in [7, 11) is 0. The van der Waals surface area contributed by atoms with Gasteiger partial charge in [-0.15, -0.1) is 0 Å². The fourth-order valence-corrected chi connectivity index (χ4v) is 1.99. The van der Waals surface area contributed by atoms with Gasteiger partial charge >= 0.3 is 0 Å². The molecule has 0 unspecified atom stereocenters. The van der Waals surface area contributed by atoms with Gasteiger partial charge in [0.05, 0.1) is 0 Å². The molecule has 3 heteroatoms. The minimum absolute atomic E-state index is 0.162. The summed E-state index contributed by atoms with van der Waals surface area (Å²) in [6, 6.07) is 5.23. The minimum atomic E-state index is 0.162. The second kappa shape index (κ2) is 3.78. The topological polar surface area (TPSA) is 56.0 Å². The van der Waals surface area contributed by atoms with E-state index in [2.05, 4.69) is 4.98 Å². The second-order valence-electron chi connectivity index (χ2n) is 3.79. The van der Waals surface area contributed by atoms with E-state index in [9.17, 15) is 4.79 Å². The number of ketones is 1. The van der Waals surface area contributed by atoms with E-state index in [4.69, 9.17) is 5.73 Å². The van der Waals surface area contributed by atoms with Crippen molar-refractivity contribution in [1.82, 2.24) is 4.98 Å². The molecule has 3 nitrogen and oxygen atoms in total. The third-order valence-electron chi connectivity index (χ3n) is 2.75. The molecule has 2 N–H and O–H groups in total. The van der Waals surface area contributed by atoms with Crippen LogP contribution in [0, 0.1) is 5.92 Å². The zero-order valence-electron chi connectivity index (χ0n) is 8.07. The van der Waals surface area contributed by atoms with Crippen LogP contribution in [0.1, 0.15) is 36.2 Å². The Labute approximate surface area is 83.3 Å². The summed E-state index contributed by atoms with van der Waals surface area (Å²) in [5.41, 5.74) is 6.06. The minimum Gasteiger partial charge on any atom is -0.384 e. The molecule has 1 saturated carbocycles. The van der Waals surface area contributed by atoms with E-state index in [1.54, 1.807) is 18.2 Å². The van der Waals surface area contributed by atoms with Crippen LogP contribution in [0.25, 0.3) is 0 Å². The summed E-state index contributed by atoms with van der Waals surface area (Å²) < 4.78 is 0. The number of Topliss-reactive ketones (excluding diaryl/α,β-unsaturated/α-hetero) is 1. The Morgan fingerprint density at radius 2 is 2.07 bits per heavy atom. The van der Waals surface area contributed by atoms with Crippen LogP contribution in [0.5, 0.6) is 0 Å². The number of carbonyl (C=O) groups excluding carboxylic acids is 1. The fourth-order valence-electron chi connectivity index (χ4n) is 1.99. The van der Waals surface area contributed by atoms with Gasteiger partial charge in [0.2, 0.25) is 0 Å². The molecule has 2 rings (SSSR count). The Bertz CT molecular complexity index is 343. The smallest absolute Gasteiger partial charge is 0.184 e. The average molecular weight is 190 g/mol. The number of anilines is 1.